The number of aliphatic hydroxyl groups excluding tert-OH is 2. The van der Waals surface area contributed by atoms with Gasteiger partial charge in [0, 0.05) is 29.9 Å². The van der Waals surface area contributed by atoms with E-state index in [1.807, 2.05) is 0 Å². The highest BCUT2D eigenvalue weighted by Crippen LogP contribution is 2.39. The minimum Gasteiger partial charge on any atom is -0.396 e. The second kappa shape index (κ2) is 6.92. The summed E-state index contributed by atoms with van der Waals surface area (Å²) in [5.41, 5.74) is 8.22. The summed E-state index contributed by atoms with van der Waals surface area (Å²) in [7, 11) is 0. The lowest BCUT2D eigenvalue weighted by atomic mass is 9.82. The van der Waals surface area contributed by atoms with Crippen LogP contribution in [0, 0.1) is 0 Å². The number of carbonyl (C=O) groups excluding carboxylic acids is 2. The Bertz CT molecular complexity index is 848. The molecule has 0 spiro atoms. The van der Waals surface area contributed by atoms with Gasteiger partial charge in [0.2, 0.25) is 0 Å². The van der Waals surface area contributed by atoms with Gasteiger partial charge in [-0.3, -0.25) is 9.59 Å². The van der Waals surface area contributed by atoms with Gasteiger partial charge in [-0.15, -0.1) is 0 Å². The van der Waals surface area contributed by atoms with Gasteiger partial charge in [-0.25, -0.2) is 0 Å². The Morgan fingerprint density at radius 3 is 1.92 bits per heavy atom. The molecule has 0 heterocycles. The van der Waals surface area contributed by atoms with Crippen LogP contribution in [0.5, 0.6) is 0 Å². The maximum Gasteiger partial charge on any atom is 0.196 e. The summed E-state index contributed by atoms with van der Waals surface area (Å²) < 4.78 is 0. The Labute approximate surface area is 144 Å². The van der Waals surface area contributed by atoms with Crippen molar-refractivity contribution < 1.29 is 19.8 Å². The first-order valence-corrected chi connectivity index (χ1v) is 7.94. The predicted octanol–water partition coefficient (Wildman–Crippen LogP) is 0.853. The second-order valence-corrected chi connectivity index (χ2v) is 5.64. The summed E-state index contributed by atoms with van der Waals surface area (Å²) in [5.74, 6) is -0.603. The number of rotatable bonds is 6. The number of carbonyl (C=O) groups is 2. The summed E-state index contributed by atoms with van der Waals surface area (Å²) in [6, 6.07) is 8.24. The Morgan fingerprint density at radius 1 is 0.840 bits per heavy atom. The molecule has 0 aliphatic heterocycles. The molecule has 2 aromatic carbocycles. The molecular weight excluding hydrogens is 322 g/mol. The zero-order valence-corrected chi connectivity index (χ0v) is 13.5. The van der Waals surface area contributed by atoms with Gasteiger partial charge in [0.05, 0.1) is 35.7 Å². The van der Waals surface area contributed by atoms with E-state index in [0.29, 0.717) is 22.5 Å². The summed E-state index contributed by atoms with van der Waals surface area (Å²) >= 11 is 0. The van der Waals surface area contributed by atoms with Crippen molar-refractivity contribution in [2.24, 2.45) is 0 Å². The van der Waals surface area contributed by atoms with E-state index >= 15 is 0 Å². The van der Waals surface area contributed by atoms with Crippen molar-refractivity contribution in [3.05, 3.63) is 52.6 Å². The molecule has 0 saturated heterocycles. The first-order chi connectivity index (χ1) is 12.1. The van der Waals surface area contributed by atoms with Gasteiger partial charge in [-0.1, -0.05) is 24.3 Å². The molecule has 6 N–H and O–H groups in total. The fourth-order valence-corrected chi connectivity index (χ4v) is 2.99. The molecule has 0 amide bonds. The third kappa shape index (κ3) is 2.84. The van der Waals surface area contributed by atoms with Gasteiger partial charge in [0.15, 0.2) is 11.6 Å². The average Bonchev–Trinajstić information content (AvgIpc) is 2.63. The molecule has 0 radical (unpaired) electrons. The van der Waals surface area contributed by atoms with E-state index in [1.54, 1.807) is 30.3 Å². The third-order valence-electron chi connectivity index (χ3n) is 4.09. The molecule has 0 atom stereocenters. The molecule has 1 aliphatic rings. The molecule has 7 heteroatoms. The topological polar surface area (TPSA) is 125 Å². The van der Waals surface area contributed by atoms with E-state index in [4.69, 9.17) is 15.9 Å². The highest BCUT2D eigenvalue weighted by Gasteiger charge is 2.34. The number of fused-ring (bicyclic) bond motifs is 2. The van der Waals surface area contributed by atoms with Gasteiger partial charge in [0.25, 0.3) is 0 Å². The Kier molecular flexibility index (Phi) is 4.69. The summed E-state index contributed by atoms with van der Waals surface area (Å²) in [6.07, 6.45) is 0. The van der Waals surface area contributed by atoms with Crippen LogP contribution in [-0.2, 0) is 0 Å². The number of aliphatic hydroxyl groups is 2. The fraction of sp³-hybridized carbons (Fsp3) is 0.222. The minimum atomic E-state index is -0.317. The smallest absolute Gasteiger partial charge is 0.196 e. The number of benzene rings is 2. The maximum atomic E-state index is 12.9. The van der Waals surface area contributed by atoms with E-state index in [0.717, 1.165) is 0 Å². The van der Waals surface area contributed by atoms with Gasteiger partial charge in [-0.05, 0) is 6.07 Å². The number of nitrogens with one attached hydrogen (secondary N) is 2. The number of anilines is 3. The number of nitrogen functional groups attached to an aromatic ring is 1. The van der Waals surface area contributed by atoms with Crippen molar-refractivity contribution >= 4 is 28.6 Å². The van der Waals surface area contributed by atoms with Crippen LogP contribution in [0.1, 0.15) is 31.8 Å². The van der Waals surface area contributed by atoms with E-state index in [9.17, 15) is 9.59 Å². The van der Waals surface area contributed by atoms with Crippen LogP contribution in [0.15, 0.2) is 30.3 Å². The van der Waals surface area contributed by atoms with E-state index < -0.39 is 0 Å². The Balaban J connectivity index is 2.22. The summed E-state index contributed by atoms with van der Waals surface area (Å²) in [4.78, 5) is 25.9. The zero-order chi connectivity index (χ0) is 18.0. The molecular formula is C18H19N3O4. The van der Waals surface area contributed by atoms with Gasteiger partial charge in [0.1, 0.15) is 0 Å². The molecule has 0 fully saturated rings. The van der Waals surface area contributed by atoms with Crippen LogP contribution < -0.4 is 16.4 Å². The molecule has 0 aromatic heterocycles. The summed E-state index contributed by atoms with van der Waals surface area (Å²) in [5, 5.41) is 24.0. The van der Waals surface area contributed by atoms with Crippen molar-refractivity contribution in [1.82, 2.24) is 0 Å². The number of ketones is 2. The van der Waals surface area contributed by atoms with Gasteiger partial charge < -0.3 is 26.6 Å². The van der Waals surface area contributed by atoms with Crippen molar-refractivity contribution in [1.29, 1.82) is 0 Å². The molecule has 2 aromatic rings. The number of nitrogens with two attached hydrogens (primary N) is 1. The van der Waals surface area contributed by atoms with Crippen LogP contribution in [0.4, 0.5) is 17.1 Å². The molecule has 130 valence electrons. The van der Waals surface area contributed by atoms with Crippen LogP contribution in [-0.4, -0.2) is 48.1 Å². The van der Waals surface area contributed by atoms with Crippen molar-refractivity contribution in [2.75, 3.05) is 42.7 Å². The largest absolute Gasteiger partial charge is 0.396 e. The van der Waals surface area contributed by atoms with Crippen molar-refractivity contribution in [3.8, 4) is 0 Å². The van der Waals surface area contributed by atoms with Crippen LogP contribution >= 0.6 is 0 Å². The lowest BCUT2D eigenvalue weighted by Gasteiger charge is -2.24. The zero-order valence-electron chi connectivity index (χ0n) is 13.5. The molecule has 25 heavy (non-hydrogen) atoms. The maximum absolute atomic E-state index is 12.9. The standard InChI is InChI=1S/C18H19N3O4/c19-16-13(21-6-8-23)9-12(20-5-7-22)14-15(16)18(25)11-4-2-1-3-10(11)17(14)24/h1-4,9,20-23H,5-8,19H2. The van der Waals surface area contributed by atoms with Crippen molar-refractivity contribution in [3.63, 3.8) is 0 Å². The molecule has 0 unspecified atom stereocenters. The first-order valence-electron chi connectivity index (χ1n) is 7.94. The molecule has 7 nitrogen and oxygen atoms in total. The number of hydrogen-bond donors (Lipinski definition) is 5. The van der Waals surface area contributed by atoms with E-state index in [1.165, 1.54) is 0 Å². The average molecular weight is 341 g/mol. The quantitative estimate of drug-likeness (QED) is 0.421. The number of hydrogen-bond acceptors (Lipinski definition) is 7. The van der Waals surface area contributed by atoms with Crippen LogP contribution in [0.3, 0.4) is 0 Å². The molecule has 0 saturated carbocycles. The summed E-state index contributed by atoms with van der Waals surface area (Å²) in [6.45, 7) is 0.239. The Hall–Kier alpha value is -2.90. The molecule has 3 rings (SSSR count). The van der Waals surface area contributed by atoms with Crippen molar-refractivity contribution in [2.45, 2.75) is 0 Å². The Morgan fingerprint density at radius 2 is 1.36 bits per heavy atom. The second-order valence-electron chi connectivity index (χ2n) is 5.64. The monoisotopic (exact) mass is 341 g/mol. The lowest BCUT2D eigenvalue weighted by Crippen LogP contribution is -2.25. The SMILES string of the molecule is Nc1c(NCCO)cc(NCCO)c2c1C(=O)c1ccccc1C2=O. The van der Waals surface area contributed by atoms with E-state index in [-0.39, 0.29) is 54.7 Å². The fourth-order valence-electron chi connectivity index (χ4n) is 2.99. The first kappa shape index (κ1) is 16.9. The lowest BCUT2D eigenvalue weighted by molar-refractivity contribution is 0.0980. The third-order valence-corrected chi connectivity index (χ3v) is 4.09. The van der Waals surface area contributed by atoms with Crippen LogP contribution in [0.2, 0.25) is 0 Å². The molecule has 0 bridgehead atoms. The van der Waals surface area contributed by atoms with Gasteiger partial charge >= 0.3 is 0 Å². The van der Waals surface area contributed by atoms with E-state index in [2.05, 4.69) is 10.6 Å². The highest BCUT2D eigenvalue weighted by atomic mass is 16.3. The highest BCUT2D eigenvalue weighted by molar-refractivity contribution is 6.32. The van der Waals surface area contributed by atoms with Crippen LogP contribution in [0.25, 0.3) is 0 Å². The molecule has 1 aliphatic carbocycles. The predicted molar refractivity (Wildman–Crippen MR) is 95.3 cm³/mol. The normalized spacial score (nSPS) is 12.6. The minimum absolute atomic E-state index is 0.106. The van der Waals surface area contributed by atoms with Gasteiger partial charge in [-0.2, -0.15) is 0 Å².